The number of aromatic nitrogens is 2. The van der Waals surface area contributed by atoms with E-state index in [-0.39, 0.29) is 5.72 Å². The molecule has 0 N–H and O–H groups in total. The summed E-state index contributed by atoms with van der Waals surface area (Å²) >= 11 is 0. The van der Waals surface area contributed by atoms with Crippen molar-refractivity contribution in [3.05, 3.63) is 36.2 Å². The molecule has 6 rings (SSSR count). The Hall–Kier alpha value is -2.14. The normalized spacial score (nSPS) is 30.2. The first-order chi connectivity index (χ1) is 11.8. The van der Waals surface area contributed by atoms with Gasteiger partial charge in [0.1, 0.15) is 0 Å². The van der Waals surface area contributed by atoms with Crippen molar-refractivity contribution in [1.29, 1.82) is 0 Å². The summed E-state index contributed by atoms with van der Waals surface area (Å²) in [6.07, 6.45) is 8.44. The Morgan fingerprint density at radius 1 is 1.17 bits per heavy atom. The molecule has 0 aromatic carbocycles. The second-order valence-electron chi connectivity index (χ2n) is 7.14. The number of nitrogens with zero attached hydrogens (tertiary/aromatic N) is 3. The lowest BCUT2D eigenvalue weighted by Crippen LogP contribution is -2.61. The number of piperidine rings is 3. The van der Waals surface area contributed by atoms with Gasteiger partial charge in [0.05, 0.1) is 7.11 Å². The molecular formula is C19H21N3O2. The lowest BCUT2D eigenvalue weighted by atomic mass is 9.79. The molecule has 0 aliphatic carbocycles. The summed E-state index contributed by atoms with van der Waals surface area (Å²) in [7, 11) is 1.63. The second-order valence-corrected chi connectivity index (χ2v) is 7.14. The molecule has 0 amide bonds. The van der Waals surface area contributed by atoms with Crippen molar-refractivity contribution in [1.82, 2.24) is 14.9 Å². The molecule has 2 bridgehead atoms. The Kier molecular flexibility index (Phi) is 3.07. The van der Waals surface area contributed by atoms with Gasteiger partial charge in [-0.3, -0.25) is 4.90 Å². The number of ether oxygens (including phenoxy) is 2. The van der Waals surface area contributed by atoms with Crippen LogP contribution in [0.2, 0.25) is 0 Å². The molecule has 1 spiro atoms. The Morgan fingerprint density at radius 2 is 2.00 bits per heavy atom. The summed E-state index contributed by atoms with van der Waals surface area (Å²) in [5, 5.41) is 0. The molecule has 0 saturated carbocycles. The highest BCUT2D eigenvalue weighted by Crippen LogP contribution is 2.47. The number of hydrogen-bond acceptors (Lipinski definition) is 5. The summed E-state index contributed by atoms with van der Waals surface area (Å²) in [6.45, 7) is 2.32. The predicted octanol–water partition coefficient (Wildman–Crippen LogP) is 2.90. The van der Waals surface area contributed by atoms with Crippen molar-refractivity contribution in [2.75, 3.05) is 20.2 Å². The van der Waals surface area contributed by atoms with Gasteiger partial charge in [-0.15, -0.1) is 0 Å². The molecule has 5 heteroatoms. The third-order valence-corrected chi connectivity index (χ3v) is 5.76. The van der Waals surface area contributed by atoms with Crippen LogP contribution in [0.5, 0.6) is 11.8 Å². The highest BCUT2D eigenvalue weighted by molar-refractivity contribution is 5.64. The summed E-state index contributed by atoms with van der Waals surface area (Å²) in [4.78, 5) is 11.4. The molecule has 6 heterocycles. The van der Waals surface area contributed by atoms with Crippen molar-refractivity contribution in [2.45, 2.75) is 31.4 Å². The fourth-order valence-corrected chi connectivity index (χ4v) is 4.47. The minimum atomic E-state index is -0.132. The molecule has 4 aliphatic rings. The lowest BCUT2D eigenvalue weighted by molar-refractivity contribution is -0.142. The van der Waals surface area contributed by atoms with Crippen LogP contribution in [-0.4, -0.2) is 40.8 Å². The maximum Gasteiger partial charge on any atom is 0.218 e. The zero-order valence-corrected chi connectivity index (χ0v) is 13.9. The number of methoxy groups -OCH3 is 1. The SMILES string of the molecule is COc1ccc(-c2cnc3c(c2)C[C@@]2(CC4CCN2CC4)O3)cn1. The maximum absolute atomic E-state index is 6.38. The molecule has 1 atom stereocenters. The average molecular weight is 323 g/mol. The van der Waals surface area contributed by atoms with E-state index >= 15 is 0 Å². The Balaban J connectivity index is 1.45. The molecule has 124 valence electrons. The zero-order chi connectivity index (χ0) is 16.1. The molecule has 3 saturated heterocycles. The molecule has 0 unspecified atom stereocenters. The Labute approximate surface area is 141 Å². The minimum Gasteiger partial charge on any atom is -0.481 e. The lowest BCUT2D eigenvalue weighted by Gasteiger charge is -2.51. The van der Waals surface area contributed by atoms with Gasteiger partial charge >= 0.3 is 0 Å². The predicted molar refractivity (Wildman–Crippen MR) is 90.0 cm³/mol. The summed E-state index contributed by atoms with van der Waals surface area (Å²) in [5.74, 6) is 2.25. The van der Waals surface area contributed by atoms with E-state index in [0.29, 0.717) is 5.88 Å². The molecule has 2 aromatic heterocycles. The highest BCUT2D eigenvalue weighted by atomic mass is 16.5. The minimum absolute atomic E-state index is 0.132. The van der Waals surface area contributed by atoms with Crippen molar-refractivity contribution < 1.29 is 9.47 Å². The van der Waals surface area contributed by atoms with Crippen LogP contribution in [0, 0.1) is 5.92 Å². The molecule has 3 fully saturated rings. The maximum atomic E-state index is 6.38. The fourth-order valence-electron chi connectivity index (χ4n) is 4.47. The van der Waals surface area contributed by atoms with Crippen LogP contribution in [0.25, 0.3) is 11.1 Å². The second kappa shape index (κ2) is 5.18. The van der Waals surface area contributed by atoms with E-state index in [1.165, 1.54) is 18.4 Å². The quantitative estimate of drug-likeness (QED) is 0.850. The van der Waals surface area contributed by atoms with E-state index in [9.17, 15) is 0 Å². The van der Waals surface area contributed by atoms with Crippen LogP contribution < -0.4 is 9.47 Å². The van der Waals surface area contributed by atoms with E-state index in [1.807, 2.05) is 24.5 Å². The standard InChI is InChI=1S/C19H21N3O2/c1-23-17-3-2-14(11-20-17)16-8-15-10-19(24-18(15)21-12-16)9-13-4-6-22(19)7-5-13/h2-3,8,11-13H,4-7,9-10H2,1H3/t19-/m1/s1. The van der Waals surface area contributed by atoms with Crippen molar-refractivity contribution in [3.8, 4) is 22.9 Å². The largest absolute Gasteiger partial charge is 0.481 e. The first-order valence-electron chi connectivity index (χ1n) is 8.69. The third-order valence-electron chi connectivity index (χ3n) is 5.76. The van der Waals surface area contributed by atoms with E-state index in [1.54, 1.807) is 7.11 Å². The first kappa shape index (κ1) is 14.2. The Morgan fingerprint density at radius 3 is 2.67 bits per heavy atom. The topological polar surface area (TPSA) is 47.5 Å². The number of hydrogen-bond donors (Lipinski definition) is 0. The third kappa shape index (κ3) is 2.11. The smallest absolute Gasteiger partial charge is 0.218 e. The van der Waals surface area contributed by atoms with E-state index in [4.69, 9.17) is 9.47 Å². The molecule has 24 heavy (non-hydrogen) atoms. The van der Waals surface area contributed by atoms with Crippen LogP contribution >= 0.6 is 0 Å². The fraction of sp³-hybridized carbons (Fsp3) is 0.474. The van der Waals surface area contributed by atoms with Gasteiger partial charge in [-0.2, -0.15) is 0 Å². The number of rotatable bonds is 2. The molecule has 4 aliphatic heterocycles. The van der Waals surface area contributed by atoms with Crippen molar-refractivity contribution >= 4 is 0 Å². The van der Waals surface area contributed by atoms with Crippen LogP contribution in [0.1, 0.15) is 24.8 Å². The zero-order valence-electron chi connectivity index (χ0n) is 13.9. The van der Waals surface area contributed by atoms with Crippen molar-refractivity contribution in [2.24, 2.45) is 5.92 Å². The average Bonchev–Trinajstić information content (AvgIpc) is 2.99. The van der Waals surface area contributed by atoms with Crippen LogP contribution in [0.4, 0.5) is 0 Å². The molecular weight excluding hydrogens is 302 g/mol. The van der Waals surface area contributed by atoms with E-state index in [0.717, 1.165) is 48.9 Å². The molecule has 5 nitrogen and oxygen atoms in total. The van der Waals surface area contributed by atoms with Gasteiger partial charge in [0.15, 0.2) is 5.72 Å². The first-order valence-corrected chi connectivity index (χ1v) is 8.69. The van der Waals surface area contributed by atoms with Crippen LogP contribution in [0.3, 0.4) is 0 Å². The van der Waals surface area contributed by atoms with Gasteiger partial charge in [0, 0.05) is 61.1 Å². The van der Waals surface area contributed by atoms with Gasteiger partial charge in [0.2, 0.25) is 11.8 Å². The summed E-state index contributed by atoms with van der Waals surface area (Å²) < 4.78 is 11.5. The number of pyridine rings is 2. The summed E-state index contributed by atoms with van der Waals surface area (Å²) in [6, 6.07) is 6.11. The van der Waals surface area contributed by atoms with Crippen LogP contribution in [-0.2, 0) is 6.42 Å². The van der Waals surface area contributed by atoms with Crippen LogP contribution in [0.15, 0.2) is 30.6 Å². The van der Waals surface area contributed by atoms with Gasteiger partial charge in [-0.05, 0) is 30.9 Å². The highest BCUT2D eigenvalue weighted by Gasteiger charge is 2.51. The Bertz CT molecular complexity index is 769. The van der Waals surface area contributed by atoms with Gasteiger partial charge in [-0.1, -0.05) is 0 Å². The summed E-state index contributed by atoms with van der Waals surface area (Å²) in [5.41, 5.74) is 3.22. The van der Waals surface area contributed by atoms with Gasteiger partial charge in [0.25, 0.3) is 0 Å². The van der Waals surface area contributed by atoms with Gasteiger partial charge < -0.3 is 9.47 Å². The molecule has 0 radical (unpaired) electrons. The van der Waals surface area contributed by atoms with E-state index in [2.05, 4.69) is 20.9 Å². The number of fused-ring (bicyclic) bond motifs is 3. The van der Waals surface area contributed by atoms with Crippen molar-refractivity contribution in [3.63, 3.8) is 0 Å². The monoisotopic (exact) mass is 323 g/mol. The molecule has 2 aromatic rings. The van der Waals surface area contributed by atoms with Gasteiger partial charge in [-0.25, -0.2) is 9.97 Å². The van der Waals surface area contributed by atoms with E-state index < -0.39 is 0 Å².